The molecule has 0 saturated heterocycles. The number of hydrogen-bond donors (Lipinski definition) is 0. The molecule has 6 heterocycles. The van der Waals surface area contributed by atoms with Crippen LogP contribution in [0.2, 0.25) is 0 Å². The number of fused-ring (bicyclic) bond motifs is 3. The van der Waals surface area contributed by atoms with Gasteiger partial charge in [0, 0.05) is 19.5 Å². The molecule has 0 N–H and O–H groups in total. The molecule has 4 nitrogen and oxygen atoms in total. The molecule has 10 rings (SSSR count). The van der Waals surface area contributed by atoms with E-state index in [-0.39, 0.29) is 11.6 Å². The highest BCUT2D eigenvalue weighted by Gasteiger charge is 2.21. The third-order valence-electron chi connectivity index (χ3n) is 8.42. The van der Waals surface area contributed by atoms with Crippen LogP contribution in [0.4, 0.5) is 8.78 Å². The van der Waals surface area contributed by atoms with Gasteiger partial charge in [-0.1, -0.05) is 60.7 Å². The first-order valence-corrected chi connectivity index (χ1v) is 18.8. The van der Waals surface area contributed by atoms with Crippen LogP contribution in [0, 0.1) is 11.6 Å². The standard InChI is InChI=1S/C40H20F2N2O2S4/c41-25-19-35(49-37(25)33-13-11-31(47-33)21-7-3-1-4-8-21)39-43-27-15-23-18-30-28(16-24(23)17-29(27)45-39)44-40(46-30)36-20-26(42)38(50-36)34-14-12-32(48-34)22-9-5-2-6-10-22/h1-20H. The molecule has 0 spiro atoms. The fourth-order valence-electron chi connectivity index (χ4n) is 6.02. The summed E-state index contributed by atoms with van der Waals surface area (Å²) in [5.74, 6) is 0.135. The maximum atomic E-state index is 15.2. The summed E-state index contributed by atoms with van der Waals surface area (Å²) in [6.07, 6.45) is 0. The molecular weight excluding hydrogens is 707 g/mol. The van der Waals surface area contributed by atoms with Crippen LogP contribution in [0.15, 0.2) is 130 Å². The largest absolute Gasteiger partial charge is 0.435 e. The molecule has 0 radical (unpaired) electrons. The lowest BCUT2D eigenvalue weighted by Crippen LogP contribution is -1.76. The van der Waals surface area contributed by atoms with E-state index >= 15 is 8.78 Å². The first-order valence-electron chi connectivity index (χ1n) is 15.6. The van der Waals surface area contributed by atoms with Gasteiger partial charge in [0.2, 0.25) is 11.8 Å². The number of oxazole rings is 2. The van der Waals surface area contributed by atoms with Crippen molar-refractivity contribution in [1.82, 2.24) is 9.97 Å². The zero-order valence-electron chi connectivity index (χ0n) is 25.6. The van der Waals surface area contributed by atoms with Crippen LogP contribution in [0.25, 0.3) is 94.9 Å². The van der Waals surface area contributed by atoms with Crippen LogP contribution in [-0.4, -0.2) is 9.97 Å². The Labute approximate surface area is 299 Å². The van der Waals surface area contributed by atoms with Crippen molar-refractivity contribution >= 4 is 78.3 Å². The summed E-state index contributed by atoms with van der Waals surface area (Å²) in [5, 5.41) is 1.78. The van der Waals surface area contributed by atoms with Gasteiger partial charge in [-0.25, -0.2) is 18.7 Å². The van der Waals surface area contributed by atoms with Crippen LogP contribution >= 0.6 is 45.3 Å². The van der Waals surface area contributed by atoms with E-state index in [1.54, 1.807) is 22.7 Å². The normalized spacial score (nSPS) is 11.8. The van der Waals surface area contributed by atoms with Gasteiger partial charge in [-0.15, -0.1) is 45.3 Å². The van der Waals surface area contributed by atoms with Gasteiger partial charge in [-0.05, 0) is 82.6 Å². The van der Waals surface area contributed by atoms with Crippen LogP contribution in [0.5, 0.6) is 0 Å². The molecule has 0 atom stereocenters. The van der Waals surface area contributed by atoms with Gasteiger partial charge in [0.05, 0.1) is 19.5 Å². The Bertz CT molecular complexity index is 2600. The van der Waals surface area contributed by atoms with Crippen LogP contribution in [0.1, 0.15) is 0 Å². The predicted octanol–water partition coefficient (Wildman–Crippen LogP) is 13.6. The fourth-order valence-corrected chi connectivity index (χ4v) is 10.2. The van der Waals surface area contributed by atoms with Crippen molar-refractivity contribution in [2.24, 2.45) is 0 Å². The quantitative estimate of drug-likeness (QED) is 0.171. The van der Waals surface area contributed by atoms with Crippen molar-refractivity contribution in [3.05, 3.63) is 133 Å². The van der Waals surface area contributed by atoms with Crippen molar-refractivity contribution in [1.29, 1.82) is 0 Å². The van der Waals surface area contributed by atoms with Gasteiger partial charge >= 0.3 is 0 Å². The van der Waals surface area contributed by atoms with Crippen LogP contribution < -0.4 is 0 Å². The van der Waals surface area contributed by atoms with E-state index in [9.17, 15) is 0 Å². The van der Waals surface area contributed by atoms with E-state index < -0.39 is 0 Å². The highest BCUT2D eigenvalue weighted by atomic mass is 32.1. The van der Waals surface area contributed by atoms with E-state index in [2.05, 4.69) is 0 Å². The number of hydrogen-bond acceptors (Lipinski definition) is 8. The minimum atomic E-state index is -0.300. The smallest absolute Gasteiger partial charge is 0.237 e. The Hall–Kier alpha value is -5.26. The molecule has 0 unspecified atom stereocenters. The van der Waals surface area contributed by atoms with Gasteiger partial charge < -0.3 is 8.83 Å². The molecule has 10 heteroatoms. The number of aromatic nitrogens is 2. The summed E-state index contributed by atoms with van der Waals surface area (Å²) in [4.78, 5) is 15.7. The molecule has 0 aliphatic rings. The average Bonchev–Trinajstić information content (AvgIpc) is 3.99. The molecule has 6 aromatic heterocycles. The highest BCUT2D eigenvalue weighted by molar-refractivity contribution is 7.25. The number of halogens is 2. The van der Waals surface area contributed by atoms with Crippen LogP contribution in [0.3, 0.4) is 0 Å². The maximum Gasteiger partial charge on any atom is 0.237 e. The van der Waals surface area contributed by atoms with E-state index in [0.717, 1.165) is 41.4 Å². The molecule has 240 valence electrons. The van der Waals surface area contributed by atoms with Crippen molar-refractivity contribution in [2.75, 3.05) is 0 Å². The third kappa shape index (κ3) is 5.11. The lowest BCUT2D eigenvalue weighted by atomic mass is 10.1. The van der Waals surface area contributed by atoms with Crippen molar-refractivity contribution < 1.29 is 17.6 Å². The molecule has 10 aromatic rings. The summed E-state index contributed by atoms with van der Waals surface area (Å²) in [6, 6.07) is 38.8. The second kappa shape index (κ2) is 11.7. The Morgan fingerprint density at radius 1 is 0.420 bits per heavy atom. The first-order chi connectivity index (χ1) is 24.5. The van der Waals surface area contributed by atoms with Gasteiger partial charge in [0.1, 0.15) is 22.7 Å². The number of rotatable bonds is 6. The van der Waals surface area contributed by atoms with E-state index in [0.29, 0.717) is 53.5 Å². The van der Waals surface area contributed by atoms with Gasteiger partial charge in [-0.2, -0.15) is 0 Å². The molecule has 50 heavy (non-hydrogen) atoms. The van der Waals surface area contributed by atoms with Gasteiger partial charge in [-0.3, -0.25) is 0 Å². The number of thiophene rings is 4. The summed E-state index contributed by atoms with van der Waals surface area (Å²) in [6.45, 7) is 0. The summed E-state index contributed by atoms with van der Waals surface area (Å²) >= 11 is 5.77. The van der Waals surface area contributed by atoms with Crippen LogP contribution in [-0.2, 0) is 0 Å². The minimum Gasteiger partial charge on any atom is -0.435 e. The molecule has 0 aliphatic carbocycles. The molecule has 4 aromatic carbocycles. The van der Waals surface area contributed by atoms with Crippen molar-refractivity contribution in [3.63, 3.8) is 0 Å². The second-order valence-electron chi connectivity index (χ2n) is 11.7. The van der Waals surface area contributed by atoms with Crippen molar-refractivity contribution in [2.45, 2.75) is 0 Å². The summed E-state index contributed by atoms with van der Waals surface area (Å²) < 4.78 is 42.8. The Morgan fingerprint density at radius 2 is 0.840 bits per heavy atom. The molecule has 0 aliphatic heterocycles. The minimum absolute atomic E-state index is 0.300. The summed E-state index contributed by atoms with van der Waals surface area (Å²) in [7, 11) is 0. The van der Waals surface area contributed by atoms with E-state index in [1.807, 2.05) is 109 Å². The Morgan fingerprint density at radius 3 is 1.28 bits per heavy atom. The third-order valence-corrected chi connectivity index (χ3v) is 13.2. The van der Waals surface area contributed by atoms with Gasteiger partial charge in [0.25, 0.3) is 0 Å². The molecule has 0 fully saturated rings. The van der Waals surface area contributed by atoms with Crippen molar-refractivity contribution in [3.8, 4) is 61.9 Å². The van der Waals surface area contributed by atoms with E-state index in [1.165, 1.54) is 34.8 Å². The average molecular weight is 727 g/mol. The number of nitrogens with zero attached hydrogens (tertiary/aromatic N) is 2. The Balaban J connectivity index is 0.951. The zero-order valence-corrected chi connectivity index (χ0v) is 28.9. The molecular formula is C40H20F2N2O2S4. The lowest BCUT2D eigenvalue weighted by Gasteiger charge is -1.96. The second-order valence-corrected chi connectivity index (χ2v) is 15.9. The first kappa shape index (κ1) is 29.6. The fraction of sp³-hybridized carbons (Fsp3) is 0. The lowest BCUT2D eigenvalue weighted by molar-refractivity contribution is 0.617. The molecule has 0 bridgehead atoms. The monoisotopic (exact) mass is 726 g/mol. The highest BCUT2D eigenvalue weighted by Crippen LogP contribution is 2.44. The topological polar surface area (TPSA) is 52.1 Å². The van der Waals surface area contributed by atoms with E-state index in [4.69, 9.17) is 18.8 Å². The predicted molar refractivity (Wildman–Crippen MR) is 203 cm³/mol. The maximum absolute atomic E-state index is 15.2. The Kier molecular flexibility index (Phi) is 6.92. The molecule has 0 amide bonds. The zero-order chi connectivity index (χ0) is 33.3. The number of benzene rings is 4. The molecule has 0 saturated carbocycles. The summed E-state index contributed by atoms with van der Waals surface area (Å²) in [5.41, 5.74) is 4.69. The van der Waals surface area contributed by atoms with Gasteiger partial charge in [0.15, 0.2) is 11.2 Å². The SMILES string of the molecule is Fc1cc(-c2nc3cc4cc5oc(-c6cc(F)c(-c7ccc(-c8ccccc8)s7)s6)nc5cc4cc3o2)sc1-c1ccc(-c2ccccc2)s1.